The van der Waals surface area contributed by atoms with Crippen molar-refractivity contribution in [2.45, 2.75) is 17.8 Å². The molecule has 0 radical (unpaired) electrons. The number of nitrogens with zero attached hydrogens (tertiary/aromatic N) is 1. The lowest BCUT2D eigenvalue weighted by molar-refractivity contribution is -0.150. The van der Waals surface area contributed by atoms with E-state index in [9.17, 15) is 24.3 Å². The number of fused-ring (bicyclic) bond motifs is 1. The van der Waals surface area contributed by atoms with Crippen molar-refractivity contribution < 1.29 is 24.3 Å². The molecule has 1 saturated heterocycles. The summed E-state index contributed by atoms with van der Waals surface area (Å²) in [4.78, 5) is 50.5. The molecule has 1 aromatic carbocycles. The van der Waals surface area contributed by atoms with Crippen LogP contribution in [-0.2, 0) is 25.6 Å². The highest BCUT2D eigenvalue weighted by Crippen LogP contribution is 2.40. The van der Waals surface area contributed by atoms with E-state index >= 15 is 0 Å². The Labute approximate surface area is 180 Å². The topological polar surface area (TPSA) is 116 Å². The molecule has 1 unspecified atom stereocenters. The second-order valence-corrected chi connectivity index (χ2v) is 8.60. The molecular formula is C20H17N3O5S2. The van der Waals surface area contributed by atoms with Gasteiger partial charge < -0.3 is 15.7 Å². The minimum atomic E-state index is -1.35. The van der Waals surface area contributed by atoms with Crippen LogP contribution in [0.1, 0.15) is 5.56 Å². The third-order valence-electron chi connectivity index (χ3n) is 4.74. The van der Waals surface area contributed by atoms with Crippen molar-refractivity contribution in [1.82, 2.24) is 10.2 Å². The average Bonchev–Trinajstić information content (AvgIpc) is 3.24. The molecule has 4 rings (SSSR count). The fraction of sp³-hybridized carbons (Fsp3) is 0.200. The van der Waals surface area contributed by atoms with Crippen molar-refractivity contribution in [3.05, 3.63) is 64.0 Å². The molecular weight excluding hydrogens is 426 g/mol. The number of aliphatic carboxylic acids is 1. The maximum atomic E-state index is 12.6. The number of para-hydroxylation sites is 1. The lowest BCUT2D eigenvalue weighted by atomic mass is 10.0. The van der Waals surface area contributed by atoms with Gasteiger partial charge in [0.1, 0.15) is 17.1 Å². The molecule has 3 N–H and O–H groups in total. The van der Waals surface area contributed by atoms with Gasteiger partial charge in [0.25, 0.3) is 11.8 Å². The number of benzene rings is 1. The standard InChI is InChI=1S/C20H17N3O5S2/c24-14(8-11-6-7-29-9-11)22-15-18(26)23-16(20(27)28)13(10-30-19(15)23)17(25)21-12-4-2-1-3-5-12/h1-7,9,15,19H,8,10H2,(H,21,25)(H,22,24)(H,27,28)/t15?,19-/m0/s1. The molecule has 0 spiro atoms. The molecule has 2 aromatic rings. The highest BCUT2D eigenvalue weighted by molar-refractivity contribution is 8.00. The number of hydrogen-bond donors (Lipinski definition) is 3. The number of carbonyl (C=O) groups is 4. The van der Waals surface area contributed by atoms with Crippen molar-refractivity contribution in [3.8, 4) is 0 Å². The Balaban J connectivity index is 1.49. The molecule has 8 nitrogen and oxygen atoms in total. The molecule has 154 valence electrons. The molecule has 0 aliphatic carbocycles. The van der Waals surface area contributed by atoms with Gasteiger partial charge in [0.2, 0.25) is 5.91 Å². The van der Waals surface area contributed by atoms with Crippen molar-refractivity contribution in [1.29, 1.82) is 0 Å². The fourth-order valence-corrected chi connectivity index (χ4v) is 5.33. The van der Waals surface area contributed by atoms with Gasteiger partial charge in [-0.25, -0.2) is 4.79 Å². The largest absolute Gasteiger partial charge is 0.477 e. The Hall–Kier alpha value is -3.11. The summed E-state index contributed by atoms with van der Waals surface area (Å²) < 4.78 is 0. The van der Waals surface area contributed by atoms with E-state index in [4.69, 9.17) is 0 Å². The number of carboxylic acid groups (broad SMARTS) is 1. The first-order chi connectivity index (χ1) is 14.5. The Morgan fingerprint density at radius 2 is 1.93 bits per heavy atom. The summed E-state index contributed by atoms with van der Waals surface area (Å²) in [5.41, 5.74) is 1.06. The van der Waals surface area contributed by atoms with Crippen LogP contribution in [0.2, 0.25) is 0 Å². The molecule has 0 bridgehead atoms. The monoisotopic (exact) mass is 443 g/mol. The molecule has 2 aliphatic heterocycles. The smallest absolute Gasteiger partial charge is 0.353 e. The first-order valence-electron chi connectivity index (χ1n) is 9.03. The SMILES string of the molecule is O=C(Cc1ccsc1)NC1C(=O)N2C(C(=O)O)=C(C(=O)Nc3ccccc3)CS[C@@H]12. The van der Waals surface area contributed by atoms with Gasteiger partial charge in [0.15, 0.2) is 0 Å². The number of carbonyl (C=O) groups excluding carboxylic acids is 3. The molecule has 2 atom stereocenters. The predicted octanol–water partition coefficient (Wildman–Crippen LogP) is 1.67. The first kappa shape index (κ1) is 20.2. The van der Waals surface area contributed by atoms with Gasteiger partial charge in [0.05, 0.1) is 12.0 Å². The maximum absolute atomic E-state index is 12.6. The highest BCUT2D eigenvalue weighted by Gasteiger charge is 2.54. The molecule has 30 heavy (non-hydrogen) atoms. The lowest BCUT2D eigenvalue weighted by Gasteiger charge is -2.49. The van der Waals surface area contributed by atoms with Crippen molar-refractivity contribution >= 4 is 52.5 Å². The number of hydrogen-bond acceptors (Lipinski definition) is 6. The molecule has 2 aliphatic rings. The third kappa shape index (κ3) is 3.83. The lowest BCUT2D eigenvalue weighted by Crippen LogP contribution is -2.70. The fourth-order valence-electron chi connectivity index (χ4n) is 3.32. The van der Waals surface area contributed by atoms with Gasteiger partial charge in [-0.2, -0.15) is 11.3 Å². The van der Waals surface area contributed by atoms with Crippen LogP contribution in [-0.4, -0.2) is 50.9 Å². The number of nitrogens with one attached hydrogen (secondary N) is 2. The Morgan fingerprint density at radius 3 is 2.60 bits per heavy atom. The van der Waals surface area contributed by atoms with E-state index < -0.39 is 29.2 Å². The van der Waals surface area contributed by atoms with Crippen LogP contribution < -0.4 is 10.6 Å². The number of amides is 3. The Kier molecular flexibility index (Phi) is 5.60. The minimum Gasteiger partial charge on any atom is -0.477 e. The number of thiophene rings is 1. The molecule has 3 heterocycles. The van der Waals surface area contributed by atoms with E-state index in [1.54, 1.807) is 30.3 Å². The molecule has 10 heteroatoms. The van der Waals surface area contributed by atoms with Crippen molar-refractivity contribution in [2.75, 3.05) is 11.1 Å². The third-order valence-corrected chi connectivity index (χ3v) is 6.75. The van der Waals surface area contributed by atoms with E-state index in [0.717, 1.165) is 10.5 Å². The number of thioether (sulfide) groups is 1. The zero-order valence-electron chi connectivity index (χ0n) is 15.5. The van der Waals surface area contributed by atoms with Crippen LogP contribution in [0.5, 0.6) is 0 Å². The zero-order chi connectivity index (χ0) is 21.3. The van der Waals surface area contributed by atoms with Gasteiger partial charge in [0, 0.05) is 11.4 Å². The molecule has 1 aromatic heterocycles. The van der Waals surface area contributed by atoms with Crippen molar-refractivity contribution in [2.24, 2.45) is 0 Å². The molecule has 3 amide bonds. The maximum Gasteiger partial charge on any atom is 0.353 e. The number of β-lactam (4-membered cyclic amide) rings is 1. The summed E-state index contributed by atoms with van der Waals surface area (Å²) in [7, 11) is 0. The first-order valence-corrected chi connectivity index (χ1v) is 11.0. The van der Waals surface area contributed by atoms with E-state index in [1.807, 2.05) is 16.8 Å². The summed E-state index contributed by atoms with van der Waals surface area (Å²) in [6.45, 7) is 0. The van der Waals surface area contributed by atoms with E-state index in [0.29, 0.717) is 5.69 Å². The Bertz CT molecular complexity index is 1040. The van der Waals surface area contributed by atoms with Gasteiger partial charge in [-0.05, 0) is 34.5 Å². The summed E-state index contributed by atoms with van der Waals surface area (Å²) in [5, 5.41) is 18.2. The van der Waals surface area contributed by atoms with Crippen LogP contribution in [0.15, 0.2) is 58.4 Å². The van der Waals surface area contributed by atoms with Crippen LogP contribution in [0.25, 0.3) is 0 Å². The highest BCUT2D eigenvalue weighted by atomic mass is 32.2. The van der Waals surface area contributed by atoms with Gasteiger partial charge >= 0.3 is 5.97 Å². The van der Waals surface area contributed by atoms with E-state index in [-0.39, 0.29) is 29.4 Å². The summed E-state index contributed by atoms with van der Waals surface area (Å²) in [5.74, 6) is -2.64. The second kappa shape index (κ2) is 8.33. The predicted molar refractivity (Wildman–Crippen MR) is 113 cm³/mol. The van der Waals surface area contributed by atoms with Crippen LogP contribution in [0, 0.1) is 0 Å². The summed E-state index contributed by atoms with van der Waals surface area (Å²) in [6, 6.07) is 9.68. The van der Waals surface area contributed by atoms with E-state index in [1.165, 1.54) is 23.1 Å². The van der Waals surface area contributed by atoms with Gasteiger partial charge in [-0.15, -0.1) is 11.8 Å². The normalized spacial score (nSPS) is 20.3. The van der Waals surface area contributed by atoms with Crippen LogP contribution >= 0.6 is 23.1 Å². The Morgan fingerprint density at radius 1 is 1.17 bits per heavy atom. The zero-order valence-corrected chi connectivity index (χ0v) is 17.2. The van der Waals surface area contributed by atoms with E-state index in [2.05, 4.69) is 10.6 Å². The van der Waals surface area contributed by atoms with Gasteiger partial charge in [-0.3, -0.25) is 19.3 Å². The quantitative estimate of drug-likeness (QED) is 0.585. The summed E-state index contributed by atoms with van der Waals surface area (Å²) >= 11 is 2.73. The number of anilines is 1. The van der Waals surface area contributed by atoms with Crippen molar-refractivity contribution in [3.63, 3.8) is 0 Å². The minimum absolute atomic E-state index is 0.0176. The van der Waals surface area contributed by atoms with Crippen LogP contribution in [0.4, 0.5) is 5.69 Å². The average molecular weight is 444 g/mol. The van der Waals surface area contributed by atoms with Gasteiger partial charge in [-0.1, -0.05) is 18.2 Å². The van der Waals surface area contributed by atoms with Crippen LogP contribution in [0.3, 0.4) is 0 Å². The second-order valence-electron chi connectivity index (χ2n) is 6.72. The number of carboxylic acids is 1. The molecule has 1 fully saturated rings. The summed E-state index contributed by atoms with van der Waals surface area (Å²) in [6.07, 6.45) is 0.150. The molecule has 0 saturated carbocycles. The number of rotatable bonds is 6.